The van der Waals surface area contributed by atoms with E-state index in [0.717, 1.165) is 0 Å². The highest BCUT2D eigenvalue weighted by atomic mass is 35.5. The van der Waals surface area contributed by atoms with Gasteiger partial charge in [-0.3, -0.25) is 5.10 Å². The van der Waals surface area contributed by atoms with Gasteiger partial charge in [-0.25, -0.2) is 0 Å². The van der Waals surface area contributed by atoms with E-state index in [0.29, 0.717) is 6.07 Å². The number of hydrogen-bond acceptors (Lipinski definition) is 1. The summed E-state index contributed by atoms with van der Waals surface area (Å²) in [6.45, 7) is 0. The summed E-state index contributed by atoms with van der Waals surface area (Å²) in [6.07, 6.45) is 0. The van der Waals surface area contributed by atoms with E-state index in [1.807, 2.05) is 0 Å². The lowest BCUT2D eigenvalue weighted by molar-refractivity contribution is -0.353. The van der Waals surface area contributed by atoms with Gasteiger partial charge in [0.1, 0.15) is 5.69 Å². The van der Waals surface area contributed by atoms with E-state index in [1.165, 1.54) is 29.4 Å². The molecule has 0 unspecified atom stereocenters. The van der Waals surface area contributed by atoms with E-state index < -0.39 is 28.8 Å². The molecule has 0 fully saturated rings. The van der Waals surface area contributed by atoms with Gasteiger partial charge in [0.2, 0.25) is 0 Å². The highest BCUT2D eigenvalue weighted by Crippen LogP contribution is 2.57. The van der Waals surface area contributed by atoms with Crippen molar-refractivity contribution in [2.45, 2.75) is 23.1 Å². The van der Waals surface area contributed by atoms with E-state index in [2.05, 4.69) is 16.7 Å². The predicted octanol–water partition coefficient (Wildman–Crippen LogP) is 5.27. The Labute approximate surface area is 134 Å². The van der Waals surface area contributed by atoms with Crippen molar-refractivity contribution in [1.29, 1.82) is 0 Å². The molecule has 0 spiro atoms. The summed E-state index contributed by atoms with van der Waals surface area (Å²) >= 11 is 3.88. The summed E-state index contributed by atoms with van der Waals surface area (Å²) in [7, 11) is 0. The van der Waals surface area contributed by atoms with E-state index >= 15 is 0 Å². The first-order chi connectivity index (χ1) is 10.8. The SMILES string of the molecule is FC(F)(Cl)C(F)(F)C(F)(F)C(F)(F)c1cc(-c2ccccc2)n[nH]1. The quantitative estimate of drug-likeness (QED) is 0.557. The Morgan fingerprint density at radius 3 is 1.88 bits per heavy atom. The van der Waals surface area contributed by atoms with Crippen molar-refractivity contribution in [1.82, 2.24) is 10.2 Å². The smallest absolute Gasteiger partial charge is 0.276 e. The number of aromatic amines is 1. The van der Waals surface area contributed by atoms with Crippen LogP contribution < -0.4 is 0 Å². The minimum Gasteiger partial charge on any atom is -0.276 e. The second-order valence-electron chi connectivity index (χ2n) is 4.75. The minimum atomic E-state index is -6.51. The Bertz CT molecular complexity index is 708. The van der Waals surface area contributed by atoms with Gasteiger partial charge in [-0.15, -0.1) is 0 Å². The van der Waals surface area contributed by atoms with Gasteiger partial charge in [0.05, 0.1) is 5.69 Å². The minimum absolute atomic E-state index is 0.216. The lowest BCUT2D eigenvalue weighted by Crippen LogP contribution is -2.59. The molecule has 0 saturated heterocycles. The number of rotatable bonds is 5. The number of aromatic nitrogens is 2. The van der Waals surface area contributed by atoms with Crippen molar-refractivity contribution in [2.75, 3.05) is 0 Å². The van der Waals surface area contributed by atoms with E-state index in [-0.39, 0.29) is 11.3 Å². The predicted molar refractivity (Wildman–Crippen MR) is 68.6 cm³/mol. The van der Waals surface area contributed by atoms with Crippen LogP contribution in [-0.4, -0.2) is 27.4 Å². The zero-order valence-electron chi connectivity index (χ0n) is 11.3. The van der Waals surface area contributed by atoms with Crippen molar-refractivity contribution >= 4 is 11.6 Å². The van der Waals surface area contributed by atoms with Crippen LogP contribution in [0.15, 0.2) is 36.4 Å². The fourth-order valence-corrected chi connectivity index (χ4v) is 1.90. The van der Waals surface area contributed by atoms with Gasteiger partial charge in [0.15, 0.2) is 0 Å². The largest absolute Gasteiger partial charge is 0.393 e. The van der Waals surface area contributed by atoms with Crippen LogP contribution in [0.5, 0.6) is 0 Å². The molecule has 0 aliphatic carbocycles. The number of nitrogens with one attached hydrogen (secondary N) is 1. The first-order valence-electron chi connectivity index (χ1n) is 6.14. The molecular weight excluding hydrogens is 372 g/mol. The van der Waals surface area contributed by atoms with Crippen LogP contribution in [-0.2, 0) is 5.92 Å². The molecule has 2 rings (SSSR count). The fourth-order valence-electron chi connectivity index (χ4n) is 1.78. The maximum atomic E-state index is 13.8. The normalized spacial score (nSPS) is 14.0. The first kappa shape index (κ1) is 18.5. The third kappa shape index (κ3) is 2.72. The molecule has 0 saturated carbocycles. The average molecular weight is 379 g/mol. The molecule has 0 amide bonds. The van der Waals surface area contributed by atoms with Gasteiger partial charge >= 0.3 is 23.1 Å². The van der Waals surface area contributed by atoms with Crippen molar-refractivity contribution in [2.24, 2.45) is 0 Å². The van der Waals surface area contributed by atoms with Crippen LogP contribution in [0.4, 0.5) is 35.1 Å². The highest BCUT2D eigenvalue weighted by Gasteiger charge is 2.81. The highest BCUT2D eigenvalue weighted by molar-refractivity contribution is 6.22. The second-order valence-corrected chi connectivity index (χ2v) is 5.23. The molecule has 0 atom stereocenters. The molecule has 24 heavy (non-hydrogen) atoms. The van der Waals surface area contributed by atoms with Crippen LogP contribution in [0.1, 0.15) is 5.69 Å². The van der Waals surface area contributed by atoms with Crippen molar-refractivity contribution < 1.29 is 35.1 Å². The lowest BCUT2D eigenvalue weighted by Gasteiger charge is -2.33. The molecule has 2 nitrogen and oxygen atoms in total. The number of halogens is 9. The summed E-state index contributed by atoms with van der Waals surface area (Å²) in [4.78, 5) is 0. The molecule has 0 bridgehead atoms. The molecule has 1 aromatic heterocycles. The summed E-state index contributed by atoms with van der Waals surface area (Å²) in [5, 5.41) is -1.11. The van der Waals surface area contributed by atoms with Gasteiger partial charge in [-0.05, 0) is 17.7 Å². The van der Waals surface area contributed by atoms with Crippen LogP contribution in [0.25, 0.3) is 11.3 Å². The second kappa shape index (κ2) is 5.61. The summed E-state index contributed by atoms with van der Waals surface area (Å²) in [6, 6.07) is 7.68. The molecule has 0 aliphatic rings. The Morgan fingerprint density at radius 1 is 0.833 bits per heavy atom. The van der Waals surface area contributed by atoms with Crippen molar-refractivity contribution in [3.05, 3.63) is 42.1 Å². The van der Waals surface area contributed by atoms with Crippen molar-refractivity contribution in [3.63, 3.8) is 0 Å². The van der Waals surface area contributed by atoms with Crippen molar-refractivity contribution in [3.8, 4) is 11.3 Å². The van der Waals surface area contributed by atoms with Gasteiger partial charge < -0.3 is 0 Å². The maximum absolute atomic E-state index is 13.8. The van der Waals surface area contributed by atoms with Gasteiger partial charge in [-0.1, -0.05) is 30.3 Å². The number of nitrogens with zero attached hydrogens (tertiary/aromatic N) is 1. The summed E-state index contributed by atoms with van der Waals surface area (Å²) in [5.41, 5.74) is -1.80. The molecule has 1 heterocycles. The zero-order valence-corrected chi connectivity index (χ0v) is 12.1. The number of H-pyrrole nitrogens is 1. The zero-order chi connectivity index (χ0) is 18.4. The van der Waals surface area contributed by atoms with Crippen LogP contribution in [0.2, 0.25) is 0 Å². The van der Waals surface area contributed by atoms with Gasteiger partial charge in [0, 0.05) is 5.56 Å². The third-order valence-corrected chi connectivity index (χ3v) is 3.37. The molecule has 0 aliphatic heterocycles. The van der Waals surface area contributed by atoms with E-state index in [1.54, 1.807) is 6.07 Å². The Hall–Kier alpha value is -1.84. The summed E-state index contributed by atoms with van der Waals surface area (Å²) in [5.74, 6) is -18.7. The first-order valence-corrected chi connectivity index (χ1v) is 6.51. The Morgan fingerprint density at radius 2 is 1.38 bits per heavy atom. The van der Waals surface area contributed by atoms with E-state index in [9.17, 15) is 35.1 Å². The molecule has 0 radical (unpaired) electrons. The molecule has 1 N–H and O–H groups in total. The van der Waals surface area contributed by atoms with Crippen LogP contribution >= 0.6 is 11.6 Å². The summed E-state index contributed by atoms with van der Waals surface area (Å²) < 4.78 is 106. The Kier molecular flexibility index (Phi) is 4.32. The molecule has 1 aromatic carbocycles. The average Bonchev–Trinajstić information content (AvgIpc) is 2.97. The standard InChI is InChI=1S/C13H7ClF8N2/c14-13(21,22)12(19,20)11(17,18)10(15,16)9-6-8(23-24-9)7-4-2-1-3-5-7/h1-6H,(H,23,24). The number of hydrogen-bond donors (Lipinski definition) is 1. The fraction of sp³-hybridized carbons (Fsp3) is 0.308. The molecular formula is C13H7ClF8N2. The topological polar surface area (TPSA) is 28.7 Å². The third-order valence-electron chi connectivity index (χ3n) is 3.13. The van der Waals surface area contributed by atoms with Gasteiger partial charge in [-0.2, -0.15) is 40.2 Å². The molecule has 11 heteroatoms. The maximum Gasteiger partial charge on any atom is 0.393 e. The molecule has 2 aromatic rings. The number of alkyl halides is 9. The molecule has 132 valence electrons. The Balaban J connectivity index is 2.46. The van der Waals surface area contributed by atoms with Gasteiger partial charge in [0.25, 0.3) is 0 Å². The lowest BCUT2D eigenvalue weighted by atomic mass is 10.0. The van der Waals surface area contributed by atoms with Crippen LogP contribution in [0.3, 0.4) is 0 Å². The van der Waals surface area contributed by atoms with E-state index in [4.69, 9.17) is 0 Å². The number of benzene rings is 1. The van der Waals surface area contributed by atoms with Crippen LogP contribution in [0, 0.1) is 0 Å². The monoisotopic (exact) mass is 378 g/mol.